The van der Waals surface area contributed by atoms with Crippen LogP contribution in [0.5, 0.6) is 0 Å². The molecule has 108 valence electrons. The Bertz CT molecular complexity index is 363. The molecule has 8 heteroatoms. The van der Waals surface area contributed by atoms with E-state index < -0.39 is 12.2 Å². The van der Waals surface area contributed by atoms with E-state index in [2.05, 4.69) is 9.97 Å². The van der Waals surface area contributed by atoms with Gasteiger partial charge < -0.3 is 20.4 Å². The van der Waals surface area contributed by atoms with Gasteiger partial charge in [0, 0.05) is 17.2 Å². The van der Waals surface area contributed by atoms with E-state index in [4.69, 9.17) is 10.2 Å². The van der Waals surface area contributed by atoms with Crippen LogP contribution < -0.4 is 0 Å². The van der Waals surface area contributed by atoms with E-state index in [0.29, 0.717) is 21.7 Å². The normalized spacial score (nSPS) is 14.4. The van der Waals surface area contributed by atoms with Crippen LogP contribution in [0.25, 0.3) is 0 Å². The lowest BCUT2D eigenvalue weighted by Gasteiger charge is -2.09. The van der Waals surface area contributed by atoms with E-state index >= 15 is 0 Å². The standard InChI is InChI=1S/C11H18N2O4S2/c1-7-2-10(18-5-8(16)3-14)13-11(12-7)19-6-9(17)4-15/h2,8-9,14-17H,3-6H2,1H3. The van der Waals surface area contributed by atoms with Crippen LogP contribution in [0.15, 0.2) is 16.2 Å². The summed E-state index contributed by atoms with van der Waals surface area (Å²) < 4.78 is 0. The minimum atomic E-state index is -0.790. The molecule has 4 N–H and O–H groups in total. The summed E-state index contributed by atoms with van der Waals surface area (Å²) in [4.78, 5) is 8.50. The molecule has 0 aliphatic carbocycles. The Hall–Kier alpha value is -0.380. The van der Waals surface area contributed by atoms with Gasteiger partial charge in [0.25, 0.3) is 0 Å². The number of aryl methyl sites for hydroxylation is 1. The second kappa shape index (κ2) is 8.72. The minimum Gasteiger partial charge on any atom is -0.394 e. The first-order chi connectivity index (χ1) is 9.05. The van der Waals surface area contributed by atoms with E-state index in [1.165, 1.54) is 23.5 Å². The summed E-state index contributed by atoms with van der Waals surface area (Å²) in [7, 11) is 0. The Kier molecular flexibility index (Phi) is 7.66. The Morgan fingerprint density at radius 1 is 1.05 bits per heavy atom. The molecule has 0 spiro atoms. The van der Waals surface area contributed by atoms with E-state index in [9.17, 15) is 10.2 Å². The van der Waals surface area contributed by atoms with Gasteiger partial charge in [0.05, 0.1) is 25.4 Å². The smallest absolute Gasteiger partial charge is 0.188 e. The lowest BCUT2D eigenvalue weighted by Crippen LogP contribution is -2.15. The lowest BCUT2D eigenvalue weighted by atomic mass is 10.4. The summed E-state index contributed by atoms with van der Waals surface area (Å²) in [6, 6.07) is 1.79. The third kappa shape index (κ3) is 6.55. The highest BCUT2D eigenvalue weighted by molar-refractivity contribution is 7.99. The molecule has 0 fully saturated rings. The molecular weight excluding hydrogens is 288 g/mol. The first-order valence-electron chi connectivity index (χ1n) is 5.74. The molecule has 1 aromatic rings. The maximum Gasteiger partial charge on any atom is 0.188 e. The van der Waals surface area contributed by atoms with Crippen molar-refractivity contribution in [2.24, 2.45) is 0 Å². The van der Waals surface area contributed by atoms with Crippen molar-refractivity contribution in [1.82, 2.24) is 9.97 Å². The molecule has 0 bridgehead atoms. The fraction of sp³-hybridized carbons (Fsp3) is 0.636. The average Bonchev–Trinajstić information content (AvgIpc) is 2.41. The number of aliphatic hydroxyl groups excluding tert-OH is 4. The van der Waals surface area contributed by atoms with Gasteiger partial charge in [-0.2, -0.15) is 0 Å². The number of nitrogens with zero attached hydrogens (tertiary/aromatic N) is 2. The van der Waals surface area contributed by atoms with E-state index in [-0.39, 0.29) is 13.2 Å². The Morgan fingerprint density at radius 2 is 1.63 bits per heavy atom. The zero-order valence-corrected chi connectivity index (χ0v) is 12.2. The molecule has 2 unspecified atom stereocenters. The molecule has 6 nitrogen and oxygen atoms in total. The van der Waals surface area contributed by atoms with Gasteiger partial charge in [-0.15, -0.1) is 11.8 Å². The van der Waals surface area contributed by atoms with Crippen molar-refractivity contribution in [3.05, 3.63) is 11.8 Å². The van der Waals surface area contributed by atoms with Gasteiger partial charge in [-0.1, -0.05) is 11.8 Å². The number of aliphatic hydroxyl groups is 4. The van der Waals surface area contributed by atoms with Crippen molar-refractivity contribution in [3.8, 4) is 0 Å². The van der Waals surface area contributed by atoms with E-state index in [1.807, 2.05) is 6.92 Å². The van der Waals surface area contributed by atoms with Crippen LogP contribution in [0.3, 0.4) is 0 Å². The second-order valence-corrected chi connectivity index (χ2v) is 5.95. The van der Waals surface area contributed by atoms with Crippen molar-refractivity contribution >= 4 is 23.5 Å². The summed E-state index contributed by atoms with van der Waals surface area (Å²) in [5.74, 6) is 0.680. The van der Waals surface area contributed by atoms with Crippen LogP contribution in [0.2, 0.25) is 0 Å². The van der Waals surface area contributed by atoms with Crippen LogP contribution in [0.4, 0.5) is 0 Å². The van der Waals surface area contributed by atoms with Crippen molar-refractivity contribution < 1.29 is 20.4 Å². The van der Waals surface area contributed by atoms with Crippen molar-refractivity contribution in [2.45, 2.75) is 29.3 Å². The van der Waals surface area contributed by atoms with Crippen molar-refractivity contribution in [1.29, 1.82) is 0 Å². The molecule has 0 saturated heterocycles. The topological polar surface area (TPSA) is 107 Å². The summed E-state index contributed by atoms with van der Waals surface area (Å²) in [5, 5.41) is 37.3. The molecule has 0 aromatic carbocycles. The average molecular weight is 306 g/mol. The van der Waals surface area contributed by atoms with Gasteiger partial charge in [0.2, 0.25) is 0 Å². The number of aromatic nitrogens is 2. The largest absolute Gasteiger partial charge is 0.394 e. The van der Waals surface area contributed by atoms with Crippen molar-refractivity contribution in [3.63, 3.8) is 0 Å². The number of thioether (sulfide) groups is 2. The predicted octanol–water partition coefficient (Wildman–Crippen LogP) is -0.324. The minimum absolute atomic E-state index is 0.276. The van der Waals surface area contributed by atoms with Crippen LogP contribution in [0, 0.1) is 6.92 Å². The third-order valence-corrected chi connectivity index (χ3v) is 4.11. The Labute approximate surface area is 120 Å². The molecular formula is C11H18N2O4S2. The van der Waals surface area contributed by atoms with Gasteiger partial charge in [-0.05, 0) is 13.0 Å². The van der Waals surface area contributed by atoms with Crippen LogP contribution >= 0.6 is 23.5 Å². The Balaban J connectivity index is 2.60. The molecule has 1 aromatic heterocycles. The molecule has 0 radical (unpaired) electrons. The molecule has 1 heterocycles. The van der Waals surface area contributed by atoms with Gasteiger partial charge in [-0.25, -0.2) is 9.97 Å². The highest BCUT2D eigenvalue weighted by atomic mass is 32.2. The van der Waals surface area contributed by atoms with Crippen LogP contribution in [-0.4, -0.2) is 67.3 Å². The fourth-order valence-corrected chi connectivity index (χ4v) is 2.86. The number of rotatable bonds is 8. The van der Waals surface area contributed by atoms with Gasteiger partial charge in [0.1, 0.15) is 5.03 Å². The van der Waals surface area contributed by atoms with E-state index in [0.717, 1.165) is 5.69 Å². The molecule has 2 atom stereocenters. The highest BCUT2D eigenvalue weighted by Gasteiger charge is 2.09. The molecule has 0 saturated carbocycles. The Morgan fingerprint density at radius 3 is 2.21 bits per heavy atom. The predicted molar refractivity (Wildman–Crippen MR) is 74.4 cm³/mol. The lowest BCUT2D eigenvalue weighted by molar-refractivity contribution is 0.113. The maximum atomic E-state index is 9.29. The van der Waals surface area contributed by atoms with E-state index in [1.54, 1.807) is 6.07 Å². The summed E-state index contributed by atoms with van der Waals surface area (Å²) in [6.07, 6.45) is -1.56. The number of hydrogen-bond acceptors (Lipinski definition) is 8. The van der Waals surface area contributed by atoms with Crippen LogP contribution in [-0.2, 0) is 0 Å². The molecule has 0 aliphatic heterocycles. The zero-order valence-electron chi connectivity index (χ0n) is 10.6. The van der Waals surface area contributed by atoms with Crippen LogP contribution in [0.1, 0.15) is 5.69 Å². The van der Waals surface area contributed by atoms with Gasteiger partial charge in [-0.3, -0.25) is 0 Å². The second-order valence-electron chi connectivity index (χ2n) is 3.92. The SMILES string of the molecule is Cc1cc(SCC(O)CO)nc(SCC(O)CO)n1. The quantitative estimate of drug-likeness (QED) is 0.294. The highest BCUT2D eigenvalue weighted by Crippen LogP contribution is 2.21. The molecule has 19 heavy (non-hydrogen) atoms. The van der Waals surface area contributed by atoms with Gasteiger partial charge >= 0.3 is 0 Å². The monoisotopic (exact) mass is 306 g/mol. The third-order valence-electron chi connectivity index (χ3n) is 2.06. The fourth-order valence-electron chi connectivity index (χ4n) is 1.11. The zero-order chi connectivity index (χ0) is 14.3. The first kappa shape index (κ1) is 16.7. The molecule has 1 rings (SSSR count). The summed E-state index contributed by atoms with van der Waals surface area (Å²) in [5.41, 5.74) is 0.789. The summed E-state index contributed by atoms with van der Waals surface area (Å²) in [6.45, 7) is 1.27. The first-order valence-corrected chi connectivity index (χ1v) is 7.71. The van der Waals surface area contributed by atoms with Gasteiger partial charge in [0.15, 0.2) is 5.16 Å². The summed E-state index contributed by atoms with van der Waals surface area (Å²) >= 11 is 2.60. The number of hydrogen-bond donors (Lipinski definition) is 4. The van der Waals surface area contributed by atoms with Crippen molar-refractivity contribution in [2.75, 3.05) is 24.7 Å². The maximum absolute atomic E-state index is 9.29. The molecule has 0 aliphatic rings. The molecule has 0 amide bonds.